The number of nitriles is 1. The second-order valence-corrected chi connectivity index (χ2v) is 3.04. The molecule has 0 bridgehead atoms. The van der Waals surface area contributed by atoms with E-state index in [4.69, 9.17) is 5.26 Å². The molecule has 1 unspecified atom stereocenters. The molecule has 1 amide bonds. The second kappa shape index (κ2) is 7.56. The Kier molecular flexibility index (Phi) is 6.93. The maximum Gasteiger partial charge on any atom is 0.220 e. The van der Waals surface area contributed by atoms with Gasteiger partial charge in [0.05, 0.1) is 12.0 Å². The van der Waals surface area contributed by atoms with E-state index in [1.807, 2.05) is 7.05 Å². The van der Waals surface area contributed by atoms with Gasteiger partial charge in [0.1, 0.15) is 0 Å². The van der Waals surface area contributed by atoms with Crippen molar-refractivity contribution in [2.75, 3.05) is 20.1 Å². The molecule has 0 radical (unpaired) electrons. The average molecular weight is 183 g/mol. The van der Waals surface area contributed by atoms with Gasteiger partial charge in [0, 0.05) is 13.0 Å². The molecule has 0 rings (SSSR count). The van der Waals surface area contributed by atoms with Crippen LogP contribution in [0.15, 0.2) is 0 Å². The smallest absolute Gasteiger partial charge is 0.220 e. The van der Waals surface area contributed by atoms with Crippen LogP contribution in [0, 0.1) is 17.2 Å². The largest absolute Gasteiger partial charge is 0.355 e. The summed E-state index contributed by atoms with van der Waals surface area (Å²) in [7, 11) is 1.86. The summed E-state index contributed by atoms with van der Waals surface area (Å²) < 4.78 is 0. The van der Waals surface area contributed by atoms with Crippen molar-refractivity contribution in [2.45, 2.75) is 19.8 Å². The molecule has 0 aromatic carbocycles. The summed E-state index contributed by atoms with van der Waals surface area (Å²) in [6.45, 7) is 3.09. The van der Waals surface area contributed by atoms with Gasteiger partial charge < -0.3 is 10.6 Å². The highest BCUT2D eigenvalue weighted by atomic mass is 16.1. The predicted octanol–water partition coefficient (Wildman–Crippen LogP) is 0.262. The first-order valence-electron chi connectivity index (χ1n) is 4.51. The molecule has 2 N–H and O–H groups in total. The zero-order valence-electron chi connectivity index (χ0n) is 8.26. The van der Waals surface area contributed by atoms with Crippen LogP contribution in [0.4, 0.5) is 0 Å². The van der Waals surface area contributed by atoms with Crippen LogP contribution >= 0.6 is 0 Å². The fraction of sp³-hybridized carbons (Fsp3) is 0.778. The molecule has 13 heavy (non-hydrogen) atoms. The van der Waals surface area contributed by atoms with Gasteiger partial charge in [0.2, 0.25) is 5.91 Å². The van der Waals surface area contributed by atoms with Crippen molar-refractivity contribution >= 4 is 5.91 Å². The normalized spacial score (nSPS) is 11.8. The molecule has 0 aliphatic heterocycles. The minimum Gasteiger partial charge on any atom is -0.355 e. The van der Waals surface area contributed by atoms with Crippen molar-refractivity contribution in [1.29, 1.82) is 5.26 Å². The van der Waals surface area contributed by atoms with Crippen molar-refractivity contribution in [2.24, 2.45) is 5.92 Å². The lowest BCUT2D eigenvalue weighted by Crippen LogP contribution is -2.28. The predicted molar refractivity (Wildman–Crippen MR) is 50.9 cm³/mol. The molecule has 0 heterocycles. The van der Waals surface area contributed by atoms with Crippen LogP contribution in [0.2, 0.25) is 0 Å². The highest BCUT2D eigenvalue weighted by Gasteiger charge is 2.03. The number of carbonyl (C=O) groups is 1. The lowest BCUT2D eigenvalue weighted by molar-refractivity contribution is -0.121. The molecule has 0 saturated heterocycles. The Labute approximate surface area is 79.3 Å². The molecule has 1 atom stereocenters. The minimum atomic E-state index is -0.103. The monoisotopic (exact) mass is 183 g/mol. The molecule has 0 aliphatic carbocycles. The molecule has 0 saturated carbocycles. The Balaban J connectivity index is 3.36. The molecular formula is C9H17N3O. The molecule has 74 valence electrons. The summed E-state index contributed by atoms with van der Waals surface area (Å²) in [5, 5.41) is 14.1. The van der Waals surface area contributed by atoms with Crippen LogP contribution in [0.1, 0.15) is 19.8 Å². The van der Waals surface area contributed by atoms with Gasteiger partial charge in [-0.3, -0.25) is 4.79 Å². The van der Waals surface area contributed by atoms with E-state index in [1.165, 1.54) is 0 Å². The molecule has 0 aromatic rings. The van der Waals surface area contributed by atoms with Crippen molar-refractivity contribution < 1.29 is 4.79 Å². The number of hydrogen-bond donors (Lipinski definition) is 2. The molecule has 0 spiro atoms. The number of nitrogens with zero attached hydrogens (tertiary/aromatic N) is 1. The maximum atomic E-state index is 11.1. The van der Waals surface area contributed by atoms with E-state index in [0.29, 0.717) is 13.0 Å². The number of rotatable bonds is 6. The molecule has 0 aliphatic rings. The van der Waals surface area contributed by atoms with E-state index in [9.17, 15) is 4.79 Å². The highest BCUT2D eigenvalue weighted by molar-refractivity contribution is 5.75. The van der Waals surface area contributed by atoms with Gasteiger partial charge >= 0.3 is 0 Å². The van der Waals surface area contributed by atoms with Crippen molar-refractivity contribution in [3.05, 3.63) is 0 Å². The number of amides is 1. The van der Waals surface area contributed by atoms with E-state index in [2.05, 4.69) is 16.7 Å². The van der Waals surface area contributed by atoms with E-state index in [1.54, 1.807) is 6.92 Å². The van der Waals surface area contributed by atoms with Crippen LogP contribution in [-0.4, -0.2) is 26.0 Å². The summed E-state index contributed by atoms with van der Waals surface area (Å²) >= 11 is 0. The Bertz CT molecular complexity index is 186. The van der Waals surface area contributed by atoms with Gasteiger partial charge in [-0.15, -0.1) is 0 Å². The topological polar surface area (TPSA) is 64.9 Å². The van der Waals surface area contributed by atoms with Gasteiger partial charge in [0.25, 0.3) is 0 Å². The minimum absolute atomic E-state index is 0.0253. The molecule has 4 heteroatoms. The number of carbonyl (C=O) groups excluding carboxylic acids is 1. The fourth-order valence-corrected chi connectivity index (χ4v) is 0.827. The fourth-order valence-electron chi connectivity index (χ4n) is 0.827. The maximum absolute atomic E-state index is 11.1. The van der Waals surface area contributed by atoms with Crippen molar-refractivity contribution in [3.63, 3.8) is 0 Å². The standard InChI is InChI=1S/C9H17N3O/c1-8(6-10)7-12-9(13)4-3-5-11-2/h8,11H,3-5,7H2,1-2H3,(H,12,13). The van der Waals surface area contributed by atoms with Crippen LogP contribution in [0.3, 0.4) is 0 Å². The van der Waals surface area contributed by atoms with Gasteiger partial charge in [-0.2, -0.15) is 5.26 Å². The van der Waals surface area contributed by atoms with Gasteiger partial charge in [-0.05, 0) is 26.9 Å². The summed E-state index contributed by atoms with van der Waals surface area (Å²) in [6, 6.07) is 2.06. The van der Waals surface area contributed by atoms with E-state index < -0.39 is 0 Å². The SMILES string of the molecule is CNCCCC(=O)NCC(C)C#N. The third-order valence-electron chi connectivity index (χ3n) is 1.66. The van der Waals surface area contributed by atoms with Crippen LogP contribution < -0.4 is 10.6 Å². The first kappa shape index (κ1) is 11.9. The molecular weight excluding hydrogens is 166 g/mol. The Morgan fingerprint density at radius 1 is 1.62 bits per heavy atom. The van der Waals surface area contributed by atoms with Crippen molar-refractivity contribution in [1.82, 2.24) is 10.6 Å². The molecule has 4 nitrogen and oxygen atoms in total. The van der Waals surface area contributed by atoms with Gasteiger partial charge in [-0.25, -0.2) is 0 Å². The summed E-state index contributed by atoms with van der Waals surface area (Å²) in [5.41, 5.74) is 0. The zero-order valence-corrected chi connectivity index (χ0v) is 8.26. The zero-order chi connectivity index (χ0) is 10.1. The highest BCUT2D eigenvalue weighted by Crippen LogP contribution is 1.90. The Hall–Kier alpha value is -1.08. The quantitative estimate of drug-likeness (QED) is 0.581. The first-order valence-corrected chi connectivity index (χ1v) is 4.51. The second-order valence-electron chi connectivity index (χ2n) is 3.04. The Morgan fingerprint density at radius 3 is 2.85 bits per heavy atom. The molecule has 0 aromatic heterocycles. The summed E-state index contributed by atoms with van der Waals surface area (Å²) in [4.78, 5) is 11.1. The van der Waals surface area contributed by atoms with Crippen LogP contribution in [0.5, 0.6) is 0 Å². The van der Waals surface area contributed by atoms with Crippen molar-refractivity contribution in [3.8, 4) is 6.07 Å². The number of hydrogen-bond acceptors (Lipinski definition) is 3. The molecule has 0 fully saturated rings. The van der Waals surface area contributed by atoms with Gasteiger partial charge in [0.15, 0.2) is 0 Å². The third-order valence-corrected chi connectivity index (χ3v) is 1.66. The van der Waals surface area contributed by atoms with E-state index in [-0.39, 0.29) is 11.8 Å². The lowest BCUT2D eigenvalue weighted by atomic mass is 10.2. The van der Waals surface area contributed by atoms with E-state index in [0.717, 1.165) is 13.0 Å². The Morgan fingerprint density at radius 2 is 2.31 bits per heavy atom. The van der Waals surface area contributed by atoms with Gasteiger partial charge in [-0.1, -0.05) is 0 Å². The van der Waals surface area contributed by atoms with E-state index >= 15 is 0 Å². The lowest BCUT2D eigenvalue weighted by Gasteiger charge is -2.05. The first-order chi connectivity index (χ1) is 6.20. The summed E-state index contributed by atoms with van der Waals surface area (Å²) in [5.74, 6) is -0.0781. The van der Waals surface area contributed by atoms with Crippen LogP contribution in [0.25, 0.3) is 0 Å². The third kappa shape index (κ3) is 7.29. The number of nitrogens with one attached hydrogen (secondary N) is 2. The van der Waals surface area contributed by atoms with Crippen LogP contribution in [-0.2, 0) is 4.79 Å². The summed E-state index contributed by atoms with van der Waals surface area (Å²) in [6.07, 6.45) is 1.36. The average Bonchev–Trinajstić information content (AvgIpc) is 2.14.